The molecule has 1 aliphatic carbocycles. The average Bonchev–Trinajstić information content (AvgIpc) is 2.91. The Morgan fingerprint density at radius 1 is 1.39 bits per heavy atom. The number of ether oxygens (including phenoxy) is 1. The van der Waals surface area contributed by atoms with E-state index in [1.54, 1.807) is 0 Å². The summed E-state index contributed by atoms with van der Waals surface area (Å²) < 4.78 is 5.74. The van der Waals surface area contributed by atoms with E-state index >= 15 is 0 Å². The predicted molar refractivity (Wildman–Crippen MR) is 86.2 cm³/mol. The number of hydrogen-bond donors (Lipinski definition) is 3. The average molecular weight is 321 g/mol. The molecule has 0 unspecified atom stereocenters. The van der Waals surface area contributed by atoms with Crippen LogP contribution in [0.2, 0.25) is 0 Å². The van der Waals surface area contributed by atoms with E-state index in [-0.39, 0.29) is 18.1 Å². The van der Waals surface area contributed by atoms with E-state index in [0.717, 1.165) is 36.9 Å². The summed E-state index contributed by atoms with van der Waals surface area (Å²) in [5.74, 6) is -0.164. The number of H-pyrrole nitrogens is 1. The monoisotopic (exact) mass is 321 g/mol. The third-order valence-corrected chi connectivity index (χ3v) is 5.11. The van der Waals surface area contributed by atoms with Crippen LogP contribution in [0.25, 0.3) is 0 Å². The lowest BCUT2D eigenvalue weighted by molar-refractivity contribution is -0.00697. The first-order chi connectivity index (χ1) is 11.0. The Kier molecular flexibility index (Phi) is 4.73. The topological polar surface area (TPSA) is 87.2 Å². The molecule has 2 atom stereocenters. The van der Waals surface area contributed by atoms with Crippen molar-refractivity contribution < 1.29 is 14.6 Å². The fourth-order valence-electron chi connectivity index (χ4n) is 3.81. The van der Waals surface area contributed by atoms with Crippen molar-refractivity contribution in [2.45, 2.75) is 76.6 Å². The number of fused-ring (bicyclic) bond motifs is 1. The van der Waals surface area contributed by atoms with Crippen molar-refractivity contribution in [3.8, 4) is 0 Å². The minimum Gasteiger partial charge on any atom is -0.390 e. The van der Waals surface area contributed by atoms with Crippen LogP contribution >= 0.6 is 0 Å². The van der Waals surface area contributed by atoms with Crippen LogP contribution in [0.5, 0.6) is 0 Å². The number of hydrogen-bond acceptors (Lipinski definition) is 4. The van der Waals surface area contributed by atoms with Gasteiger partial charge < -0.3 is 15.2 Å². The minimum atomic E-state index is -0.604. The number of aromatic amines is 1. The van der Waals surface area contributed by atoms with Gasteiger partial charge in [-0.3, -0.25) is 9.89 Å². The second kappa shape index (κ2) is 6.61. The van der Waals surface area contributed by atoms with E-state index < -0.39 is 5.60 Å². The molecule has 0 radical (unpaired) electrons. The molecule has 6 nitrogen and oxygen atoms in total. The third kappa shape index (κ3) is 3.58. The first-order valence-corrected chi connectivity index (χ1v) is 8.72. The molecule has 1 aromatic heterocycles. The van der Waals surface area contributed by atoms with Crippen molar-refractivity contribution in [2.75, 3.05) is 6.54 Å². The zero-order valence-electron chi connectivity index (χ0n) is 14.0. The Morgan fingerprint density at radius 3 is 2.87 bits per heavy atom. The number of rotatable bonds is 4. The predicted octanol–water partition coefficient (Wildman–Crippen LogP) is 2.25. The van der Waals surface area contributed by atoms with Crippen LogP contribution in [0.3, 0.4) is 0 Å². The molecule has 0 aromatic carbocycles. The molecule has 3 rings (SSSR count). The molecule has 23 heavy (non-hydrogen) atoms. The molecule has 3 N–H and O–H groups in total. The van der Waals surface area contributed by atoms with E-state index in [0.29, 0.717) is 25.1 Å². The first-order valence-electron chi connectivity index (χ1n) is 8.72. The second-order valence-corrected chi connectivity index (χ2v) is 7.05. The Bertz CT molecular complexity index is 563. The summed E-state index contributed by atoms with van der Waals surface area (Å²) in [6, 6.07) is 0. The van der Waals surface area contributed by atoms with Crippen LogP contribution in [0.15, 0.2) is 0 Å². The summed E-state index contributed by atoms with van der Waals surface area (Å²) in [6.45, 7) is 4.46. The van der Waals surface area contributed by atoms with E-state index in [9.17, 15) is 9.90 Å². The highest BCUT2D eigenvalue weighted by molar-refractivity contribution is 5.94. The lowest BCUT2D eigenvalue weighted by Crippen LogP contribution is -2.37. The second-order valence-electron chi connectivity index (χ2n) is 7.05. The number of nitrogens with one attached hydrogen (secondary N) is 2. The summed E-state index contributed by atoms with van der Waals surface area (Å²) >= 11 is 0. The van der Waals surface area contributed by atoms with Crippen molar-refractivity contribution in [1.82, 2.24) is 15.5 Å². The number of aromatic nitrogens is 2. The molecule has 2 heterocycles. The van der Waals surface area contributed by atoms with Crippen LogP contribution < -0.4 is 5.32 Å². The first kappa shape index (κ1) is 16.5. The van der Waals surface area contributed by atoms with Gasteiger partial charge in [-0.25, -0.2) is 0 Å². The molecule has 1 amide bonds. The zero-order valence-corrected chi connectivity index (χ0v) is 14.0. The highest BCUT2D eigenvalue weighted by Crippen LogP contribution is 2.31. The maximum absolute atomic E-state index is 12.4. The maximum atomic E-state index is 12.4. The number of amides is 1. The normalized spacial score (nSPS) is 26.6. The number of aliphatic hydroxyl groups is 1. The van der Waals surface area contributed by atoms with Crippen molar-refractivity contribution >= 4 is 5.91 Å². The van der Waals surface area contributed by atoms with Crippen LogP contribution in [-0.2, 0) is 11.2 Å². The van der Waals surface area contributed by atoms with Crippen LogP contribution in [0, 0.1) is 0 Å². The number of carbonyl (C=O) groups is 1. The molecule has 2 aliphatic rings. The van der Waals surface area contributed by atoms with Crippen molar-refractivity contribution in [1.29, 1.82) is 0 Å². The molecule has 6 heteroatoms. The van der Waals surface area contributed by atoms with Gasteiger partial charge in [0.15, 0.2) is 5.69 Å². The van der Waals surface area contributed by atoms with Gasteiger partial charge in [-0.2, -0.15) is 5.10 Å². The third-order valence-electron chi connectivity index (χ3n) is 5.11. The standard InChI is InChI=1S/C17H27N3O3/c1-11-10-13-14(12(2)23-11)19-20-15(13)16(21)18-9-8-17(22)6-4-3-5-7-17/h11-12,22H,3-10H2,1-2H3,(H,18,21)(H,19,20)/t11-,12+/m1/s1. The van der Waals surface area contributed by atoms with Crippen molar-refractivity contribution in [3.63, 3.8) is 0 Å². The number of nitrogens with zero attached hydrogens (tertiary/aromatic N) is 1. The van der Waals surface area contributed by atoms with E-state index in [4.69, 9.17) is 4.74 Å². The molecule has 128 valence electrons. The molecule has 0 saturated heterocycles. The number of carbonyl (C=O) groups excluding carboxylic acids is 1. The molecule has 1 fully saturated rings. The van der Waals surface area contributed by atoms with Gasteiger partial charge in [0, 0.05) is 18.5 Å². The molecule has 1 aliphatic heterocycles. The lowest BCUT2D eigenvalue weighted by Gasteiger charge is -2.32. The SMILES string of the molecule is C[C@@H]1Cc2c(C(=O)NCCC3(O)CCCCC3)n[nH]c2[C@H](C)O1. The summed E-state index contributed by atoms with van der Waals surface area (Å²) in [5.41, 5.74) is 1.73. The van der Waals surface area contributed by atoms with Gasteiger partial charge in [0.1, 0.15) is 0 Å². The summed E-state index contributed by atoms with van der Waals surface area (Å²) in [7, 11) is 0. The highest BCUT2D eigenvalue weighted by Gasteiger charge is 2.31. The fraction of sp³-hybridized carbons (Fsp3) is 0.765. The molecular weight excluding hydrogens is 294 g/mol. The highest BCUT2D eigenvalue weighted by atomic mass is 16.5. The van der Waals surface area contributed by atoms with E-state index in [1.165, 1.54) is 6.42 Å². The quantitative estimate of drug-likeness (QED) is 0.794. The van der Waals surface area contributed by atoms with Crippen LogP contribution in [0.4, 0.5) is 0 Å². The minimum absolute atomic E-state index is 0.0641. The molecule has 0 spiro atoms. The lowest BCUT2D eigenvalue weighted by atomic mass is 9.82. The fourth-order valence-corrected chi connectivity index (χ4v) is 3.81. The zero-order chi connectivity index (χ0) is 16.4. The molecule has 1 aromatic rings. The van der Waals surface area contributed by atoms with Gasteiger partial charge in [-0.15, -0.1) is 0 Å². The Balaban J connectivity index is 1.59. The van der Waals surface area contributed by atoms with Gasteiger partial charge in [0.25, 0.3) is 5.91 Å². The van der Waals surface area contributed by atoms with Crippen molar-refractivity contribution in [2.24, 2.45) is 0 Å². The van der Waals surface area contributed by atoms with Gasteiger partial charge in [-0.1, -0.05) is 19.3 Å². The maximum Gasteiger partial charge on any atom is 0.272 e. The van der Waals surface area contributed by atoms with Gasteiger partial charge in [-0.05, 0) is 33.1 Å². The summed E-state index contributed by atoms with van der Waals surface area (Å²) in [5, 5.41) is 20.5. The Morgan fingerprint density at radius 2 is 2.13 bits per heavy atom. The van der Waals surface area contributed by atoms with Gasteiger partial charge in [0.2, 0.25) is 0 Å². The summed E-state index contributed by atoms with van der Waals surface area (Å²) in [6.07, 6.45) is 6.37. The Hall–Kier alpha value is -1.40. The molecule has 0 bridgehead atoms. The van der Waals surface area contributed by atoms with E-state index in [1.807, 2.05) is 13.8 Å². The van der Waals surface area contributed by atoms with E-state index in [2.05, 4.69) is 15.5 Å². The van der Waals surface area contributed by atoms with Crippen molar-refractivity contribution in [3.05, 3.63) is 17.0 Å². The van der Waals surface area contributed by atoms with Gasteiger partial charge in [0.05, 0.1) is 23.5 Å². The van der Waals surface area contributed by atoms with Gasteiger partial charge >= 0.3 is 0 Å². The molecule has 1 saturated carbocycles. The smallest absolute Gasteiger partial charge is 0.272 e. The summed E-state index contributed by atoms with van der Waals surface area (Å²) in [4.78, 5) is 12.4. The molecular formula is C17H27N3O3. The van der Waals surface area contributed by atoms with Crippen LogP contribution in [-0.4, -0.2) is 39.5 Å². The Labute approximate surface area is 137 Å². The largest absolute Gasteiger partial charge is 0.390 e. The van der Waals surface area contributed by atoms with Crippen LogP contribution in [0.1, 0.15) is 80.2 Å².